The van der Waals surface area contributed by atoms with Crippen LogP contribution in [0.3, 0.4) is 0 Å². The Bertz CT molecular complexity index is 227. The molecule has 0 fully saturated rings. The second kappa shape index (κ2) is 6.47. The van der Waals surface area contributed by atoms with Gasteiger partial charge in [-0.25, -0.2) is 0 Å². The van der Waals surface area contributed by atoms with Gasteiger partial charge in [-0.15, -0.1) is 0 Å². The topological polar surface area (TPSA) is 66.7 Å². The monoisotopic (exact) mass is 239 g/mol. The number of hydrogen-bond acceptors (Lipinski definition) is 4. The third-order valence-corrected chi connectivity index (χ3v) is 0.970. The van der Waals surface area contributed by atoms with Crippen molar-refractivity contribution in [2.45, 2.75) is 52.7 Å². The zero-order valence-electron chi connectivity index (χ0n) is 11.1. The molecule has 0 bridgehead atoms. The van der Waals surface area contributed by atoms with Crippen LogP contribution in [0.4, 0.5) is 9.59 Å². The first-order valence-electron chi connectivity index (χ1n) is 4.67. The third-order valence-electron chi connectivity index (χ3n) is 0.970. The average molecular weight is 239 g/mol. The Morgan fingerprint density at radius 2 is 1.06 bits per heavy atom. The van der Waals surface area contributed by atoms with Gasteiger partial charge in [0.15, 0.2) is 0 Å². The maximum Gasteiger partial charge on any atom is 1.00 e. The van der Waals surface area contributed by atoms with Crippen molar-refractivity contribution < 1.29 is 48.6 Å². The average Bonchev–Trinajstić information content (AvgIpc) is 1.73. The maximum absolute atomic E-state index is 11.1. The van der Waals surface area contributed by atoms with Crippen molar-refractivity contribution in [2.75, 3.05) is 0 Å². The molecule has 0 heterocycles. The predicted octanol–water partition coefficient (Wildman–Crippen LogP) is 0.234. The van der Waals surface area contributed by atoms with Crippen molar-refractivity contribution >= 4 is 12.2 Å². The van der Waals surface area contributed by atoms with Gasteiger partial charge in [-0.1, -0.05) is 0 Å². The van der Waals surface area contributed by atoms with Gasteiger partial charge in [0.2, 0.25) is 12.2 Å². The quantitative estimate of drug-likeness (QED) is 0.568. The first-order chi connectivity index (χ1) is 6.49. The van der Waals surface area contributed by atoms with Crippen molar-refractivity contribution in [2.24, 2.45) is 0 Å². The summed E-state index contributed by atoms with van der Waals surface area (Å²) in [4.78, 5) is 22.1. The number of nitrogens with zero attached hydrogens (tertiary/aromatic N) is 1. The molecular formula is C10H18NNaO4. The minimum absolute atomic E-state index is 0. The number of rotatable bonds is 0. The van der Waals surface area contributed by atoms with Crippen molar-refractivity contribution in [1.82, 2.24) is 0 Å². The number of carbonyl (C=O) groups excluding carboxylic acids is 2. The fraction of sp³-hybridized carbons (Fsp3) is 0.800. The molecular weight excluding hydrogens is 221 g/mol. The number of hydrogen-bond donors (Lipinski definition) is 0. The van der Waals surface area contributed by atoms with Crippen LogP contribution in [-0.4, -0.2) is 23.4 Å². The van der Waals surface area contributed by atoms with Crippen LogP contribution in [0, 0.1) is 0 Å². The molecule has 6 heteroatoms. The standard InChI is InChI=1S/C10H19NO4.Na/c1-9(2,3)14-7(12)11-8(13)15-10(4,5)6;/h1-6H3,(H,11,12,13);/q;+1/p-1. The molecule has 0 N–H and O–H groups in total. The number of ether oxygens (including phenoxy) is 2. The van der Waals surface area contributed by atoms with Gasteiger partial charge in [0.1, 0.15) is 11.2 Å². The first kappa shape index (κ1) is 18.1. The Morgan fingerprint density at radius 3 is 1.25 bits per heavy atom. The summed E-state index contributed by atoms with van der Waals surface area (Å²) in [6.07, 6.45) is -1.87. The van der Waals surface area contributed by atoms with Crippen molar-refractivity contribution in [1.29, 1.82) is 0 Å². The fourth-order valence-electron chi connectivity index (χ4n) is 0.644. The molecule has 0 aromatic carbocycles. The molecule has 88 valence electrons. The SMILES string of the molecule is CC(C)(C)OC(=O)[N-]C(=O)OC(C)(C)C.[Na+]. The first-order valence-corrected chi connectivity index (χ1v) is 4.67. The van der Waals surface area contributed by atoms with Crippen LogP contribution in [0.2, 0.25) is 0 Å². The second-order valence-electron chi connectivity index (χ2n) is 5.07. The Hall–Kier alpha value is -0.260. The molecule has 16 heavy (non-hydrogen) atoms. The Balaban J connectivity index is 0. The van der Waals surface area contributed by atoms with E-state index in [1.54, 1.807) is 41.5 Å². The molecule has 0 aliphatic heterocycles. The van der Waals surface area contributed by atoms with Crippen molar-refractivity contribution in [3.05, 3.63) is 5.32 Å². The van der Waals surface area contributed by atoms with E-state index in [1.165, 1.54) is 0 Å². The number of amides is 2. The van der Waals surface area contributed by atoms with Crippen LogP contribution in [-0.2, 0) is 9.47 Å². The largest absolute Gasteiger partial charge is 1.00 e. The summed E-state index contributed by atoms with van der Waals surface area (Å²) in [5.74, 6) is 0. The van der Waals surface area contributed by atoms with Crippen LogP contribution < -0.4 is 29.6 Å². The smallest absolute Gasteiger partial charge is 0.524 e. The molecule has 0 spiro atoms. The van der Waals surface area contributed by atoms with Crippen LogP contribution in [0.5, 0.6) is 0 Å². The van der Waals surface area contributed by atoms with Crippen LogP contribution >= 0.6 is 0 Å². The van der Waals surface area contributed by atoms with E-state index in [-0.39, 0.29) is 29.6 Å². The summed E-state index contributed by atoms with van der Waals surface area (Å²) in [6, 6.07) is 0. The number of carbonyl (C=O) groups is 2. The molecule has 0 aromatic rings. The van der Waals surface area contributed by atoms with Gasteiger partial charge in [0, 0.05) is 0 Å². The molecule has 0 aliphatic rings. The zero-order chi connectivity index (χ0) is 12.3. The summed E-state index contributed by atoms with van der Waals surface area (Å²) < 4.78 is 9.63. The van der Waals surface area contributed by atoms with E-state index >= 15 is 0 Å². The zero-order valence-corrected chi connectivity index (χ0v) is 13.1. The van der Waals surface area contributed by atoms with Gasteiger partial charge in [-0.2, -0.15) is 0 Å². The Labute approximate surface area is 119 Å². The molecule has 5 nitrogen and oxygen atoms in total. The molecule has 0 aromatic heterocycles. The van der Waals surface area contributed by atoms with E-state index in [1.807, 2.05) is 0 Å². The summed E-state index contributed by atoms with van der Waals surface area (Å²) in [5, 5.41) is 3.13. The second-order valence-corrected chi connectivity index (χ2v) is 5.07. The molecule has 0 saturated carbocycles. The normalized spacial score (nSPS) is 11.1. The molecule has 0 unspecified atom stereocenters. The van der Waals surface area contributed by atoms with Crippen LogP contribution in [0.1, 0.15) is 41.5 Å². The third kappa shape index (κ3) is 11.8. The van der Waals surface area contributed by atoms with Gasteiger partial charge >= 0.3 is 29.6 Å². The van der Waals surface area contributed by atoms with Gasteiger partial charge in [0.05, 0.1) is 0 Å². The minimum Gasteiger partial charge on any atom is -0.524 e. The van der Waals surface area contributed by atoms with E-state index in [9.17, 15) is 9.59 Å². The van der Waals surface area contributed by atoms with E-state index in [4.69, 9.17) is 9.47 Å². The van der Waals surface area contributed by atoms with E-state index in [2.05, 4.69) is 5.32 Å². The fourth-order valence-corrected chi connectivity index (χ4v) is 0.644. The molecule has 2 amide bonds. The summed E-state index contributed by atoms with van der Waals surface area (Å²) in [7, 11) is 0. The van der Waals surface area contributed by atoms with Crippen LogP contribution in [0.25, 0.3) is 5.32 Å². The molecule has 0 aliphatic carbocycles. The summed E-state index contributed by atoms with van der Waals surface area (Å²) in [6.45, 7) is 10.1. The molecule has 0 atom stereocenters. The molecule has 0 radical (unpaired) electrons. The Morgan fingerprint density at radius 1 is 0.812 bits per heavy atom. The van der Waals surface area contributed by atoms with E-state index in [0.29, 0.717) is 0 Å². The van der Waals surface area contributed by atoms with Crippen molar-refractivity contribution in [3.8, 4) is 0 Å². The van der Waals surface area contributed by atoms with E-state index < -0.39 is 23.4 Å². The predicted molar refractivity (Wildman–Crippen MR) is 55.8 cm³/mol. The van der Waals surface area contributed by atoms with Crippen LogP contribution in [0.15, 0.2) is 0 Å². The van der Waals surface area contributed by atoms with Gasteiger partial charge in [-0.3, -0.25) is 9.59 Å². The molecule has 0 rings (SSSR count). The number of imide groups is 1. The summed E-state index contributed by atoms with van der Waals surface area (Å²) in [5.41, 5.74) is -1.33. The maximum atomic E-state index is 11.1. The van der Waals surface area contributed by atoms with Gasteiger partial charge in [-0.05, 0) is 41.5 Å². The Kier molecular flexibility index (Phi) is 7.32. The van der Waals surface area contributed by atoms with Crippen molar-refractivity contribution in [3.63, 3.8) is 0 Å². The summed E-state index contributed by atoms with van der Waals surface area (Å²) >= 11 is 0. The van der Waals surface area contributed by atoms with Gasteiger partial charge in [0.25, 0.3) is 0 Å². The van der Waals surface area contributed by atoms with Gasteiger partial charge < -0.3 is 14.8 Å². The molecule has 0 saturated heterocycles. The van der Waals surface area contributed by atoms with E-state index in [0.717, 1.165) is 0 Å². The minimum atomic E-state index is -0.934.